The summed E-state index contributed by atoms with van der Waals surface area (Å²) >= 11 is 0. The number of carbonyl (C=O) groups is 2. The van der Waals surface area contributed by atoms with E-state index in [-0.39, 0.29) is 23.7 Å². The van der Waals surface area contributed by atoms with E-state index in [1.165, 1.54) is 11.1 Å². The summed E-state index contributed by atoms with van der Waals surface area (Å²) in [6.45, 7) is 3.58. The molecule has 2 aromatic carbocycles. The average molecular weight is 460 g/mol. The molecule has 174 valence electrons. The number of benzene rings is 2. The molecule has 0 saturated carbocycles. The number of carbonyl (C=O) groups excluding carboxylic acids is 2. The first-order valence-corrected chi connectivity index (χ1v) is 11.3. The highest BCUT2D eigenvalue weighted by atomic mass is 16.5. The van der Waals surface area contributed by atoms with Crippen LogP contribution in [0.25, 0.3) is 0 Å². The van der Waals surface area contributed by atoms with Crippen LogP contribution >= 0.6 is 0 Å². The van der Waals surface area contributed by atoms with E-state index in [4.69, 9.17) is 4.74 Å². The van der Waals surface area contributed by atoms with Crippen LogP contribution in [0, 0.1) is 0 Å². The Labute approximate surface area is 196 Å². The number of anilines is 3. The molecule has 0 unspecified atom stereocenters. The monoisotopic (exact) mass is 459 g/mol. The smallest absolute Gasteiger partial charge is 0.258 e. The van der Waals surface area contributed by atoms with Crippen molar-refractivity contribution in [1.82, 2.24) is 9.97 Å². The van der Waals surface area contributed by atoms with Gasteiger partial charge in [-0.1, -0.05) is 36.4 Å². The summed E-state index contributed by atoms with van der Waals surface area (Å²) in [5.41, 5.74) is 2.65. The predicted octanol–water partition coefficient (Wildman–Crippen LogP) is 2.80. The van der Waals surface area contributed by atoms with E-state index in [9.17, 15) is 14.4 Å². The lowest BCUT2D eigenvalue weighted by molar-refractivity contribution is -0.123. The van der Waals surface area contributed by atoms with E-state index in [0.717, 1.165) is 6.42 Å². The Morgan fingerprint density at radius 2 is 1.91 bits per heavy atom. The Morgan fingerprint density at radius 1 is 1.15 bits per heavy atom. The summed E-state index contributed by atoms with van der Waals surface area (Å²) in [6, 6.07) is 15.2. The molecule has 1 atom stereocenters. The predicted molar refractivity (Wildman–Crippen MR) is 128 cm³/mol. The van der Waals surface area contributed by atoms with Gasteiger partial charge in [0.2, 0.25) is 17.8 Å². The Kier molecular flexibility index (Phi) is 5.75. The number of H-pyrrole nitrogens is 1. The largest absolute Gasteiger partial charge is 0.492 e. The van der Waals surface area contributed by atoms with E-state index in [2.05, 4.69) is 32.7 Å². The first kappa shape index (κ1) is 21.7. The molecule has 0 bridgehead atoms. The van der Waals surface area contributed by atoms with Gasteiger partial charge in [-0.05, 0) is 36.6 Å². The zero-order valence-corrected chi connectivity index (χ0v) is 18.8. The first-order chi connectivity index (χ1) is 16.5. The molecular formula is C25H25N5O4. The van der Waals surface area contributed by atoms with Crippen LogP contribution in [0.1, 0.15) is 36.0 Å². The van der Waals surface area contributed by atoms with Crippen LogP contribution in [0.4, 0.5) is 17.5 Å². The number of hydrogen-bond donors (Lipinski definition) is 3. The quantitative estimate of drug-likeness (QED) is 0.540. The van der Waals surface area contributed by atoms with Gasteiger partial charge in [0, 0.05) is 19.5 Å². The van der Waals surface area contributed by atoms with Gasteiger partial charge < -0.3 is 20.3 Å². The molecular weight excluding hydrogens is 434 g/mol. The van der Waals surface area contributed by atoms with Crippen LogP contribution in [0.3, 0.4) is 0 Å². The highest BCUT2D eigenvalue weighted by molar-refractivity contribution is 6.05. The Hall–Kier alpha value is -4.14. The van der Waals surface area contributed by atoms with Crippen LogP contribution in [0.5, 0.6) is 5.75 Å². The third-order valence-corrected chi connectivity index (χ3v) is 6.13. The van der Waals surface area contributed by atoms with E-state index >= 15 is 0 Å². The normalized spacial score (nSPS) is 16.8. The van der Waals surface area contributed by atoms with Gasteiger partial charge in [-0.25, -0.2) is 0 Å². The van der Waals surface area contributed by atoms with Gasteiger partial charge in [-0.2, -0.15) is 4.98 Å². The molecule has 2 amide bonds. The van der Waals surface area contributed by atoms with Gasteiger partial charge >= 0.3 is 0 Å². The SMILES string of the molecule is CCOc1ccccc1NC(=O)[C@H]1CC(=O)Nc2nc(N3CCc4ccccc4C3)[nH]c(=O)c21. The molecule has 3 heterocycles. The summed E-state index contributed by atoms with van der Waals surface area (Å²) < 4.78 is 5.57. The van der Waals surface area contributed by atoms with Crippen molar-refractivity contribution in [2.45, 2.75) is 32.2 Å². The zero-order valence-electron chi connectivity index (χ0n) is 18.8. The van der Waals surface area contributed by atoms with Gasteiger partial charge in [-0.15, -0.1) is 0 Å². The third kappa shape index (κ3) is 4.12. The number of aromatic nitrogens is 2. The number of ether oxygens (including phenoxy) is 1. The molecule has 1 aromatic heterocycles. The second kappa shape index (κ2) is 9.01. The lowest BCUT2D eigenvalue weighted by atomic mass is 9.92. The maximum Gasteiger partial charge on any atom is 0.258 e. The molecule has 5 rings (SSSR count). The molecule has 0 radical (unpaired) electrons. The fraction of sp³-hybridized carbons (Fsp3) is 0.280. The van der Waals surface area contributed by atoms with Crippen LogP contribution in [0.15, 0.2) is 53.3 Å². The number of hydrogen-bond acceptors (Lipinski definition) is 6. The molecule has 3 aromatic rings. The molecule has 34 heavy (non-hydrogen) atoms. The Balaban J connectivity index is 1.44. The lowest BCUT2D eigenvalue weighted by Crippen LogP contribution is -2.39. The fourth-order valence-corrected chi connectivity index (χ4v) is 4.48. The summed E-state index contributed by atoms with van der Waals surface area (Å²) in [7, 11) is 0. The number of aromatic amines is 1. The Morgan fingerprint density at radius 3 is 2.74 bits per heavy atom. The van der Waals surface area contributed by atoms with Crippen molar-refractivity contribution in [2.24, 2.45) is 0 Å². The van der Waals surface area contributed by atoms with E-state index in [0.29, 0.717) is 37.1 Å². The van der Waals surface area contributed by atoms with Crippen molar-refractivity contribution in [3.63, 3.8) is 0 Å². The number of nitrogens with one attached hydrogen (secondary N) is 3. The number of para-hydroxylation sites is 2. The van der Waals surface area contributed by atoms with Crippen molar-refractivity contribution in [3.8, 4) is 5.75 Å². The standard InChI is InChI=1S/C25H25N5O4/c1-2-34-19-10-6-5-9-18(19)26-23(32)17-13-20(31)27-22-21(17)24(33)29-25(28-22)30-12-11-15-7-3-4-8-16(15)14-30/h3-10,17H,2,11-14H2,1H3,(H,26,32)(H2,27,28,29,31,33)/t17-/m0/s1. The summed E-state index contributed by atoms with van der Waals surface area (Å²) in [4.78, 5) is 48.1. The minimum Gasteiger partial charge on any atom is -0.492 e. The highest BCUT2D eigenvalue weighted by Gasteiger charge is 2.35. The maximum atomic E-state index is 13.2. The van der Waals surface area contributed by atoms with Gasteiger partial charge in [-0.3, -0.25) is 19.4 Å². The van der Waals surface area contributed by atoms with Crippen molar-refractivity contribution in [3.05, 3.63) is 75.6 Å². The topological polar surface area (TPSA) is 116 Å². The van der Waals surface area contributed by atoms with Crippen LogP contribution in [-0.2, 0) is 22.6 Å². The number of amides is 2. The fourth-order valence-electron chi connectivity index (χ4n) is 4.48. The van der Waals surface area contributed by atoms with Gasteiger partial charge in [0.05, 0.1) is 23.8 Å². The van der Waals surface area contributed by atoms with Crippen molar-refractivity contribution < 1.29 is 14.3 Å². The molecule has 0 spiro atoms. The highest BCUT2D eigenvalue weighted by Crippen LogP contribution is 2.32. The van der Waals surface area contributed by atoms with E-state index in [1.807, 2.05) is 24.0 Å². The van der Waals surface area contributed by atoms with E-state index in [1.54, 1.807) is 24.3 Å². The number of rotatable bonds is 5. The number of fused-ring (bicyclic) bond motifs is 2. The molecule has 0 saturated heterocycles. The minimum absolute atomic E-state index is 0.132. The van der Waals surface area contributed by atoms with Crippen LogP contribution in [0.2, 0.25) is 0 Å². The van der Waals surface area contributed by atoms with Gasteiger partial charge in [0.15, 0.2) is 0 Å². The van der Waals surface area contributed by atoms with Crippen LogP contribution < -0.4 is 25.8 Å². The third-order valence-electron chi connectivity index (χ3n) is 6.13. The lowest BCUT2D eigenvalue weighted by Gasteiger charge is -2.30. The Bertz CT molecular complexity index is 1320. The van der Waals surface area contributed by atoms with Gasteiger partial charge in [0.25, 0.3) is 5.56 Å². The van der Waals surface area contributed by atoms with Gasteiger partial charge in [0.1, 0.15) is 11.6 Å². The van der Waals surface area contributed by atoms with Crippen LogP contribution in [-0.4, -0.2) is 34.9 Å². The van der Waals surface area contributed by atoms with Crippen molar-refractivity contribution in [1.29, 1.82) is 0 Å². The maximum absolute atomic E-state index is 13.2. The molecule has 0 fully saturated rings. The first-order valence-electron chi connectivity index (χ1n) is 11.3. The van der Waals surface area contributed by atoms with Crippen molar-refractivity contribution >= 4 is 29.3 Å². The van der Waals surface area contributed by atoms with E-state index < -0.39 is 17.4 Å². The molecule has 0 aliphatic carbocycles. The molecule has 2 aliphatic heterocycles. The zero-order chi connectivity index (χ0) is 23.7. The minimum atomic E-state index is -0.967. The average Bonchev–Trinajstić information content (AvgIpc) is 2.84. The summed E-state index contributed by atoms with van der Waals surface area (Å²) in [6.07, 6.45) is 0.685. The second-order valence-corrected chi connectivity index (χ2v) is 8.32. The number of nitrogens with zero attached hydrogens (tertiary/aromatic N) is 2. The summed E-state index contributed by atoms with van der Waals surface area (Å²) in [5, 5.41) is 5.49. The molecule has 9 nitrogen and oxygen atoms in total. The molecule has 3 N–H and O–H groups in total. The second-order valence-electron chi connectivity index (χ2n) is 8.32. The molecule has 9 heteroatoms. The summed E-state index contributed by atoms with van der Waals surface area (Å²) in [5.74, 6) is -0.764. The van der Waals surface area contributed by atoms with Crippen molar-refractivity contribution in [2.75, 3.05) is 28.7 Å². The molecule has 2 aliphatic rings.